The van der Waals surface area contributed by atoms with Crippen molar-refractivity contribution >= 4 is 28.9 Å². The van der Waals surface area contributed by atoms with E-state index in [2.05, 4.69) is 43.7 Å². The second kappa shape index (κ2) is 7.69. The van der Waals surface area contributed by atoms with E-state index in [1.54, 1.807) is 12.4 Å². The van der Waals surface area contributed by atoms with Gasteiger partial charge in [-0.1, -0.05) is 18.2 Å². The van der Waals surface area contributed by atoms with Gasteiger partial charge in [0.15, 0.2) is 0 Å². The smallest absolute Gasteiger partial charge is 0.138 e. The van der Waals surface area contributed by atoms with E-state index in [1.807, 2.05) is 24.4 Å². The van der Waals surface area contributed by atoms with Crippen LogP contribution in [-0.4, -0.2) is 37.9 Å². The molecule has 1 saturated heterocycles. The maximum absolute atomic E-state index is 6.46. The van der Waals surface area contributed by atoms with E-state index in [0.29, 0.717) is 11.1 Å². The number of likely N-dealkylation sites (tertiary alicyclic amines) is 1. The second-order valence-electron chi connectivity index (χ2n) is 7.88. The number of nitrogens with zero attached hydrogens (tertiary/aromatic N) is 5. The third-order valence-electron chi connectivity index (χ3n) is 5.76. The van der Waals surface area contributed by atoms with E-state index >= 15 is 0 Å². The van der Waals surface area contributed by atoms with Crippen LogP contribution in [0, 0.1) is 6.92 Å². The van der Waals surface area contributed by atoms with Crippen LogP contribution in [0.1, 0.15) is 42.1 Å². The fraction of sp³-hybridized carbons (Fsp3) is 0.304. The van der Waals surface area contributed by atoms with E-state index < -0.39 is 0 Å². The minimum atomic E-state index is 0.495. The topological polar surface area (TPSA) is 66.8 Å². The van der Waals surface area contributed by atoms with Crippen molar-refractivity contribution in [2.45, 2.75) is 32.1 Å². The molecular formula is C23H23ClN6. The predicted molar refractivity (Wildman–Crippen MR) is 120 cm³/mol. The zero-order valence-electron chi connectivity index (χ0n) is 16.9. The molecule has 2 aliphatic rings. The quantitative estimate of drug-likeness (QED) is 0.555. The van der Waals surface area contributed by atoms with Gasteiger partial charge in [-0.3, -0.25) is 0 Å². The Balaban J connectivity index is 1.45. The molecule has 6 nitrogen and oxygen atoms in total. The Morgan fingerprint density at radius 1 is 1.13 bits per heavy atom. The van der Waals surface area contributed by atoms with Gasteiger partial charge in [-0.25, -0.2) is 19.9 Å². The van der Waals surface area contributed by atoms with E-state index in [-0.39, 0.29) is 0 Å². The Bertz CT molecular complexity index is 1120. The molecule has 0 spiro atoms. The highest BCUT2D eigenvalue weighted by atomic mass is 35.5. The molecule has 30 heavy (non-hydrogen) atoms. The summed E-state index contributed by atoms with van der Waals surface area (Å²) in [5, 5.41) is 3.80. The lowest BCUT2D eigenvalue weighted by Gasteiger charge is -2.35. The number of anilines is 2. The zero-order chi connectivity index (χ0) is 20.7. The van der Waals surface area contributed by atoms with Gasteiger partial charge in [-0.15, -0.1) is 0 Å². The molecular weight excluding hydrogens is 396 g/mol. The fourth-order valence-corrected chi connectivity index (χ4v) is 4.02. The molecule has 3 aromatic heterocycles. The van der Waals surface area contributed by atoms with Crippen molar-refractivity contribution in [1.29, 1.82) is 0 Å². The van der Waals surface area contributed by atoms with Crippen LogP contribution in [0.3, 0.4) is 0 Å². The largest absolute Gasteiger partial charge is 0.371 e. The lowest BCUT2D eigenvalue weighted by Crippen LogP contribution is -2.35. The van der Waals surface area contributed by atoms with Gasteiger partial charge in [0.2, 0.25) is 0 Å². The SMILES string of the molecule is C=C(c1c(Cl)ncc(-c2ccnc(Nc3ccnc(C4CC4)n3)c2)c1C)N1CCC1. The number of nitrogens with one attached hydrogen (secondary N) is 1. The second-order valence-corrected chi connectivity index (χ2v) is 8.24. The Morgan fingerprint density at radius 2 is 1.93 bits per heavy atom. The van der Waals surface area contributed by atoms with Crippen molar-refractivity contribution in [1.82, 2.24) is 24.8 Å². The molecule has 0 amide bonds. The van der Waals surface area contributed by atoms with Crippen LogP contribution >= 0.6 is 11.6 Å². The third kappa shape index (κ3) is 3.63. The number of halogens is 1. The molecule has 5 rings (SSSR count). The van der Waals surface area contributed by atoms with Crippen LogP contribution in [-0.2, 0) is 0 Å². The predicted octanol–water partition coefficient (Wildman–Crippen LogP) is 5.19. The average Bonchev–Trinajstić information content (AvgIpc) is 3.52. The normalized spacial score (nSPS) is 15.6. The monoisotopic (exact) mass is 418 g/mol. The first-order valence-electron chi connectivity index (χ1n) is 10.3. The number of aromatic nitrogens is 4. The average molecular weight is 419 g/mol. The summed E-state index contributed by atoms with van der Waals surface area (Å²) in [6, 6.07) is 5.85. The van der Waals surface area contributed by atoms with Crippen molar-refractivity contribution in [3.63, 3.8) is 0 Å². The minimum absolute atomic E-state index is 0.495. The maximum Gasteiger partial charge on any atom is 0.138 e. The highest BCUT2D eigenvalue weighted by Crippen LogP contribution is 2.38. The van der Waals surface area contributed by atoms with Crippen molar-refractivity contribution in [3.05, 3.63) is 65.5 Å². The Hall–Kier alpha value is -2.99. The summed E-state index contributed by atoms with van der Waals surface area (Å²) in [5.41, 5.74) is 4.97. The van der Waals surface area contributed by atoms with Crippen LogP contribution < -0.4 is 5.32 Å². The van der Waals surface area contributed by atoms with Crippen molar-refractivity contribution < 1.29 is 0 Å². The molecule has 3 aromatic rings. The molecule has 2 fully saturated rings. The molecule has 4 heterocycles. The number of hydrogen-bond acceptors (Lipinski definition) is 6. The zero-order valence-corrected chi connectivity index (χ0v) is 17.7. The van der Waals surface area contributed by atoms with Crippen molar-refractivity contribution in [3.8, 4) is 11.1 Å². The van der Waals surface area contributed by atoms with Gasteiger partial charge in [0, 0.05) is 54.4 Å². The molecule has 1 saturated carbocycles. The lowest BCUT2D eigenvalue weighted by molar-refractivity contribution is 0.282. The van der Waals surface area contributed by atoms with Gasteiger partial charge in [0.25, 0.3) is 0 Å². The van der Waals surface area contributed by atoms with Gasteiger partial charge in [0.1, 0.15) is 22.6 Å². The van der Waals surface area contributed by atoms with Crippen LogP contribution in [0.4, 0.5) is 11.6 Å². The Morgan fingerprint density at radius 3 is 2.67 bits per heavy atom. The van der Waals surface area contributed by atoms with Crippen LogP contribution in [0.2, 0.25) is 5.15 Å². The summed E-state index contributed by atoms with van der Waals surface area (Å²) >= 11 is 6.46. The van der Waals surface area contributed by atoms with Gasteiger partial charge in [0.05, 0.1) is 0 Å². The van der Waals surface area contributed by atoms with E-state index in [1.165, 1.54) is 19.3 Å². The first-order valence-corrected chi connectivity index (χ1v) is 10.6. The van der Waals surface area contributed by atoms with Gasteiger partial charge < -0.3 is 10.2 Å². The number of hydrogen-bond donors (Lipinski definition) is 1. The summed E-state index contributed by atoms with van der Waals surface area (Å²) in [7, 11) is 0. The molecule has 152 valence electrons. The summed E-state index contributed by atoms with van der Waals surface area (Å²) in [6.45, 7) is 8.37. The standard InChI is InChI=1S/C23H23ClN6/c1-14-18(13-27-22(24)21(14)15(2)30-10-3-11-30)17-6-8-25-20(12-17)28-19-7-9-26-23(29-19)16-4-5-16/h6-9,12-13,16H,2-5,10-11H2,1H3,(H,25,26,28,29). The van der Waals surface area contributed by atoms with Crippen molar-refractivity contribution in [2.75, 3.05) is 18.4 Å². The summed E-state index contributed by atoms with van der Waals surface area (Å²) in [6.07, 6.45) is 8.94. The third-order valence-corrected chi connectivity index (χ3v) is 6.05. The van der Waals surface area contributed by atoms with Gasteiger partial charge in [-0.2, -0.15) is 0 Å². The van der Waals surface area contributed by atoms with Gasteiger partial charge in [-0.05, 0) is 55.5 Å². The summed E-state index contributed by atoms with van der Waals surface area (Å²) in [5.74, 6) is 2.90. The van der Waals surface area contributed by atoms with Crippen molar-refractivity contribution in [2.24, 2.45) is 0 Å². The first-order chi connectivity index (χ1) is 14.6. The molecule has 0 radical (unpaired) electrons. The summed E-state index contributed by atoms with van der Waals surface area (Å²) in [4.78, 5) is 20.2. The van der Waals surface area contributed by atoms with E-state index in [4.69, 9.17) is 11.6 Å². The fourth-order valence-electron chi connectivity index (χ4n) is 3.72. The molecule has 1 aliphatic carbocycles. The molecule has 1 N–H and O–H groups in total. The molecule has 0 unspecified atom stereocenters. The summed E-state index contributed by atoms with van der Waals surface area (Å²) < 4.78 is 0. The van der Waals surface area contributed by atoms with Crippen LogP contribution in [0.5, 0.6) is 0 Å². The van der Waals surface area contributed by atoms with Crippen LogP contribution in [0.25, 0.3) is 16.8 Å². The van der Waals surface area contributed by atoms with Crippen LogP contribution in [0.15, 0.2) is 43.4 Å². The Kier molecular flexibility index (Phi) is 4.87. The molecule has 1 aliphatic heterocycles. The maximum atomic E-state index is 6.46. The molecule has 0 bridgehead atoms. The van der Waals surface area contributed by atoms with Gasteiger partial charge >= 0.3 is 0 Å². The molecule has 0 aromatic carbocycles. The highest BCUT2D eigenvalue weighted by molar-refractivity contribution is 6.31. The first kappa shape index (κ1) is 19.0. The Labute approximate surface area is 181 Å². The minimum Gasteiger partial charge on any atom is -0.371 e. The lowest BCUT2D eigenvalue weighted by atomic mass is 9.97. The molecule has 0 atom stereocenters. The van der Waals surface area contributed by atoms with E-state index in [9.17, 15) is 0 Å². The number of pyridine rings is 2. The highest BCUT2D eigenvalue weighted by Gasteiger charge is 2.26. The number of rotatable bonds is 6. The molecule has 7 heteroatoms. The van der Waals surface area contributed by atoms with E-state index in [0.717, 1.165) is 58.5 Å².